The highest BCUT2D eigenvalue weighted by Gasteiger charge is 2.32. The molecule has 3 aliphatic rings. The van der Waals surface area contributed by atoms with Crippen LogP contribution < -0.4 is 15.0 Å². The number of methoxy groups -OCH3 is 1. The van der Waals surface area contributed by atoms with E-state index in [-0.39, 0.29) is 29.8 Å². The van der Waals surface area contributed by atoms with Crippen molar-refractivity contribution in [1.29, 1.82) is 5.26 Å². The van der Waals surface area contributed by atoms with Gasteiger partial charge in [0.05, 0.1) is 12.8 Å². The molecule has 12 heteroatoms. The van der Waals surface area contributed by atoms with E-state index >= 15 is 0 Å². The van der Waals surface area contributed by atoms with Gasteiger partial charge in [-0.15, -0.1) is 0 Å². The summed E-state index contributed by atoms with van der Waals surface area (Å²) in [4.78, 5) is 50.1. The quantitative estimate of drug-likeness (QED) is 0.528. The molecule has 0 saturated carbocycles. The number of nitrogens with one attached hydrogen (secondary N) is 1. The van der Waals surface area contributed by atoms with E-state index in [9.17, 15) is 19.6 Å². The van der Waals surface area contributed by atoms with E-state index in [0.29, 0.717) is 80.2 Å². The number of hydrogen-bond acceptors (Lipinski definition) is 9. The Bertz CT molecular complexity index is 1340. The van der Waals surface area contributed by atoms with Crippen molar-refractivity contribution in [1.82, 2.24) is 14.9 Å². The molecule has 12 nitrogen and oxygen atoms in total. The number of likely N-dealkylation sites (N-methyl/N-ethyl adjacent to an activating group) is 1. The van der Waals surface area contributed by atoms with Gasteiger partial charge in [0.2, 0.25) is 0 Å². The van der Waals surface area contributed by atoms with Crippen LogP contribution in [0.5, 0.6) is 5.75 Å². The first-order valence-corrected chi connectivity index (χ1v) is 12.9. The molecule has 1 N–H and O–H groups in total. The molecule has 204 valence electrons. The molecule has 2 aromatic rings. The lowest BCUT2D eigenvalue weighted by Gasteiger charge is -2.30. The van der Waals surface area contributed by atoms with E-state index in [0.717, 1.165) is 12.0 Å². The molecule has 5 heterocycles. The lowest BCUT2D eigenvalue weighted by atomic mass is 10.0. The van der Waals surface area contributed by atoms with Gasteiger partial charge in [-0.25, -0.2) is 14.8 Å². The van der Waals surface area contributed by atoms with Crippen molar-refractivity contribution in [2.24, 2.45) is 0 Å². The highest BCUT2D eigenvalue weighted by atomic mass is 16.5. The molecule has 3 amide bonds. The number of pyridine rings is 2. The zero-order valence-electron chi connectivity index (χ0n) is 21.9. The number of nitrogens with zero attached hydrogens (tertiary/aromatic N) is 5. The molecule has 2 atom stereocenters. The number of amides is 3. The zero-order valence-corrected chi connectivity index (χ0v) is 21.9. The maximum absolute atomic E-state index is 13.4. The number of ether oxygens (including phenoxy) is 3. The summed E-state index contributed by atoms with van der Waals surface area (Å²) >= 11 is 0. The van der Waals surface area contributed by atoms with Crippen LogP contribution in [0.2, 0.25) is 0 Å². The zero-order chi connectivity index (χ0) is 27.5. The molecule has 0 aliphatic carbocycles. The number of nitriles is 1. The SMILES string of the molecule is COCC1Cc2c(NC(=O)N3CCCc4cc(CN(C)C(=O)[C@H]5CCCO5)c(C=O)nc43)ncc(C#N)c2O1. The molecule has 1 fully saturated rings. The number of rotatable bonds is 7. The smallest absolute Gasteiger partial charge is 0.328 e. The fraction of sp³-hybridized carbons (Fsp3) is 0.481. The average Bonchev–Trinajstić information content (AvgIpc) is 3.63. The first kappa shape index (κ1) is 26.5. The van der Waals surface area contributed by atoms with Gasteiger partial charge in [-0.2, -0.15) is 5.26 Å². The number of fused-ring (bicyclic) bond motifs is 2. The van der Waals surface area contributed by atoms with Crippen LogP contribution in [-0.4, -0.2) is 79.2 Å². The minimum absolute atomic E-state index is 0.123. The van der Waals surface area contributed by atoms with Crippen LogP contribution in [0, 0.1) is 11.3 Å². The first-order chi connectivity index (χ1) is 18.9. The van der Waals surface area contributed by atoms with Gasteiger partial charge in [0.25, 0.3) is 5.91 Å². The van der Waals surface area contributed by atoms with Crippen molar-refractivity contribution in [3.05, 3.63) is 40.2 Å². The first-order valence-electron chi connectivity index (χ1n) is 12.9. The average molecular weight is 535 g/mol. The van der Waals surface area contributed by atoms with E-state index in [2.05, 4.69) is 21.4 Å². The standard InChI is InChI=1S/C27H30N6O6/c1-32(26(35)22-6-4-8-38-22)13-17-9-16-5-3-7-33(25(16)30-21(17)14-34)27(36)31-24-20-10-19(15-37-2)39-23(20)18(11-28)12-29-24/h9,12,14,19,22H,3-8,10,13,15H2,1-2H3,(H,29,31,36)/t19?,22-/m1/s1. The summed E-state index contributed by atoms with van der Waals surface area (Å²) in [6.07, 6.45) is 4.64. The molecule has 0 spiro atoms. The van der Waals surface area contributed by atoms with Crippen molar-refractivity contribution in [2.75, 3.05) is 44.1 Å². The van der Waals surface area contributed by atoms with Crippen LogP contribution in [0.15, 0.2) is 12.3 Å². The second kappa shape index (κ2) is 11.3. The van der Waals surface area contributed by atoms with Gasteiger partial charge in [0.15, 0.2) is 6.29 Å². The number of aromatic nitrogens is 2. The van der Waals surface area contributed by atoms with Crippen molar-refractivity contribution < 1.29 is 28.6 Å². The predicted molar refractivity (Wildman–Crippen MR) is 139 cm³/mol. The number of anilines is 2. The van der Waals surface area contributed by atoms with Crippen molar-refractivity contribution in [2.45, 2.75) is 50.9 Å². The van der Waals surface area contributed by atoms with Gasteiger partial charge in [-0.3, -0.25) is 19.8 Å². The lowest BCUT2D eigenvalue weighted by molar-refractivity contribution is -0.140. The molecule has 2 aromatic heterocycles. The fourth-order valence-corrected chi connectivity index (χ4v) is 5.27. The third kappa shape index (κ3) is 5.28. The summed E-state index contributed by atoms with van der Waals surface area (Å²) in [7, 11) is 3.25. The summed E-state index contributed by atoms with van der Waals surface area (Å²) in [5.74, 6) is 0.983. The van der Waals surface area contributed by atoms with Crippen LogP contribution in [0.3, 0.4) is 0 Å². The van der Waals surface area contributed by atoms with E-state index in [1.165, 1.54) is 11.1 Å². The Kier molecular flexibility index (Phi) is 7.72. The number of aryl methyl sites for hydroxylation is 1. The Balaban J connectivity index is 1.37. The Hall–Kier alpha value is -4.08. The number of hydrogen-bond donors (Lipinski definition) is 1. The van der Waals surface area contributed by atoms with Gasteiger partial charge in [0, 0.05) is 51.4 Å². The Morgan fingerprint density at radius 3 is 2.95 bits per heavy atom. The van der Waals surface area contributed by atoms with Crippen molar-refractivity contribution >= 4 is 29.9 Å². The maximum atomic E-state index is 13.4. The molecule has 0 radical (unpaired) electrons. The Labute approximate surface area is 225 Å². The number of carbonyl (C=O) groups excluding carboxylic acids is 3. The molecule has 1 saturated heterocycles. The number of aldehydes is 1. The van der Waals surface area contributed by atoms with E-state index < -0.39 is 12.1 Å². The van der Waals surface area contributed by atoms with Gasteiger partial charge < -0.3 is 19.1 Å². The summed E-state index contributed by atoms with van der Waals surface area (Å²) in [6, 6.07) is 3.48. The van der Waals surface area contributed by atoms with Gasteiger partial charge >= 0.3 is 6.03 Å². The molecule has 39 heavy (non-hydrogen) atoms. The number of carbonyl (C=O) groups is 3. The van der Waals surface area contributed by atoms with E-state index in [4.69, 9.17) is 14.2 Å². The summed E-state index contributed by atoms with van der Waals surface area (Å²) < 4.78 is 16.6. The highest BCUT2D eigenvalue weighted by molar-refractivity contribution is 6.02. The van der Waals surface area contributed by atoms with Crippen LogP contribution >= 0.6 is 0 Å². The summed E-state index contributed by atoms with van der Waals surface area (Å²) in [6.45, 7) is 1.52. The molecule has 3 aliphatic heterocycles. The lowest BCUT2D eigenvalue weighted by Crippen LogP contribution is -2.40. The molecule has 5 rings (SSSR count). The highest BCUT2D eigenvalue weighted by Crippen LogP contribution is 2.37. The maximum Gasteiger partial charge on any atom is 0.328 e. The predicted octanol–water partition coefficient (Wildman–Crippen LogP) is 2.23. The third-order valence-electron chi connectivity index (χ3n) is 7.16. The third-order valence-corrected chi connectivity index (χ3v) is 7.16. The van der Waals surface area contributed by atoms with Gasteiger partial charge in [-0.1, -0.05) is 0 Å². The van der Waals surface area contributed by atoms with Crippen LogP contribution in [0.1, 0.15) is 52.0 Å². The van der Waals surface area contributed by atoms with E-state index in [1.807, 2.05) is 6.07 Å². The second-order valence-electron chi connectivity index (χ2n) is 9.85. The second-order valence-corrected chi connectivity index (χ2v) is 9.85. The molecule has 0 bridgehead atoms. The molecular weight excluding hydrogens is 504 g/mol. The van der Waals surface area contributed by atoms with Crippen LogP contribution in [0.25, 0.3) is 0 Å². The summed E-state index contributed by atoms with van der Waals surface area (Å²) in [5, 5.41) is 12.3. The molecule has 1 unspecified atom stereocenters. The van der Waals surface area contributed by atoms with E-state index in [1.54, 1.807) is 19.1 Å². The minimum Gasteiger partial charge on any atom is -0.486 e. The fourth-order valence-electron chi connectivity index (χ4n) is 5.27. The van der Waals surface area contributed by atoms with Crippen molar-refractivity contribution in [3.63, 3.8) is 0 Å². The Morgan fingerprint density at radius 2 is 2.23 bits per heavy atom. The molecule has 0 aromatic carbocycles. The largest absolute Gasteiger partial charge is 0.486 e. The summed E-state index contributed by atoms with van der Waals surface area (Å²) in [5.41, 5.74) is 2.54. The Morgan fingerprint density at radius 1 is 1.38 bits per heavy atom. The normalized spacial score (nSPS) is 19.5. The molecular formula is C27H30N6O6. The van der Waals surface area contributed by atoms with Crippen LogP contribution in [-0.2, 0) is 33.7 Å². The minimum atomic E-state index is -0.452. The monoisotopic (exact) mass is 534 g/mol. The topological polar surface area (TPSA) is 147 Å². The number of urea groups is 1. The van der Waals surface area contributed by atoms with Gasteiger partial charge in [0.1, 0.15) is 46.9 Å². The van der Waals surface area contributed by atoms with Gasteiger partial charge in [-0.05, 0) is 37.3 Å². The van der Waals surface area contributed by atoms with Crippen LogP contribution in [0.4, 0.5) is 16.4 Å². The van der Waals surface area contributed by atoms with Crippen molar-refractivity contribution in [3.8, 4) is 11.8 Å².